The van der Waals surface area contributed by atoms with Crippen molar-refractivity contribution in [2.45, 2.75) is 12.1 Å². The molecule has 0 fully saturated rings. The van der Waals surface area contributed by atoms with Crippen LogP contribution >= 0.6 is 11.8 Å². The van der Waals surface area contributed by atoms with Crippen molar-refractivity contribution in [3.05, 3.63) is 60.4 Å². The van der Waals surface area contributed by atoms with Crippen LogP contribution in [0.5, 0.6) is 0 Å². The van der Waals surface area contributed by atoms with E-state index in [9.17, 15) is 9.59 Å². The maximum absolute atomic E-state index is 12.2. The van der Waals surface area contributed by atoms with Crippen LogP contribution in [0.15, 0.2) is 60.0 Å². The Labute approximate surface area is 149 Å². The largest absolute Gasteiger partial charge is 0.352 e. The third-order valence-corrected chi connectivity index (χ3v) is 4.45. The molecule has 0 aliphatic heterocycles. The number of aromatic nitrogens is 2. The van der Waals surface area contributed by atoms with Crippen LogP contribution in [0, 0.1) is 0 Å². The molecule has 128 valence electrons. The predicted molar refractivity (Wildman–Crippen MR) is 99.0 cm³/mol. The molecule has 2 aromatic heterocycles. The highest BCUT2D eigenvalue weighted by Gasteiger charge is 2.10. The Hall–Kier alpha value is -2.80. The number of carbonyl (C=O) groups is 2. The second kappa shape index (κ2) is 7.85. The second-order valence-electron chi connectivity index (χ2n) is 5.31. The first kappa shape index (κ1) is 17.0. The first-order valence-corrected chi connectivity index (χ1v) is 8.89. The fourth-order valence-corrected chi connectivity index (χ4v) is 3.12. The summed E-state index contributed by atoms with van der Waals surface area (Å²) in [5, 5.41) is 6.31. The molecule has 0 unspecified atom stereocenters. The minimum atomic E-state index is -0.156. The summed E-state index contributed by atoms with van der Waals surface area (Å²) >= 11 is 1.36. The number of thioether (sulfide) groups is 1. The minimum absolute atomic E-state index is 0.147. The first-order chi connectivity index (χ1) is 12.2. The molecular formula is C18H18N4O2S. The van der Waals surface area contributed by atoms with Crippen LogP contribution < -0.4 is 10.6 Å². The number of hydrogen-bond donors (Lipinski definition) is 2. The van der Waals surface area contributed by atoms with Gasteiger partial charge in [-0.25, -0.2) is 4.98 Å². The van der Waals surface area contributed by atoms with Crippen molar-refractivity contribution in [1.82, 2.24) is 14.7 Å². The molecule has 0 radical (unpaired) electrons. The highest BCUT2D eigenvalue weighted by Crippen LogP contribution is 2.19. The summed E-state index contributed by atoms with van der Waals surface area (Å²) in [5.74, 6) is -0.0677. The number of imidazole rings is 1. The van der Waals surface area contributed by atoms with Crippen LogP contribution in [-0.2, 0) is 4.79 Å². The van der Waals surface area contributed by atoms with Gasteiger partial charge in [0.2, 0.25) is 5.91 Å². The van der Waals surface area contributed by atoms with E-state index < -0.39 is 0 Å². The van der Waals surface area contributed by atoms with Gasteiger partial charge in [-0.2, -0.15) is 0 Å². The van der Waals surface area contributed by atoms with Gasteiger partial charge in [-0.1, -0.05) is 23.9 Å². The van der Waals surface area contributed by atoms with Crippen molar-refractivity contribution < 1.29 is 9.59 Å². The fraction of sp³-hybridized carbons (Fsp3) is 0.167. The van der Waals surface area contributed by atoms with E-state index in [0.29, 0.717) is 17.8 Å². The summed E-state index contributed by atoms with van der Waals surface area (Å²) in [6.45, 7) is 2.42. The molecule has 1 aromatic carbocycles. The third-order valence-electron chi connectivity index (χ3n) is 3.48. The topological polar surface area (TPSA) is 75.5 Å². The van der Waals surface area contributed by atoms with Crippen molar-refractivity contribution in [3.8, 4) is 0 Å². The second-order valence-corrected chi connectivity index (χ2v) is 6.26. The lowest BCUT2D eigenvalue weighted by Gasteiger charge is -2.07. The zero-order chi connectivity index (χ0) is 17.6. The molecule has 3 rings (SSSR count). The van der Waals surface area contributed by atoms with Crippen LogP contribution in [0.4, 0.5) is 5.69 Å². The number of nitrogens with one attached hydrogen (secondary N) is 2. The molecule has 0 aliphatic carbocycles. The maximum Gasteiger partial charge on any atom is 0.251 e. The van der Waals surface area contributed by atoms with Crippen LogP contribution in [-0.4, -0.2) is 33.5 Å². The molecule has 6 nitrogen and oxygen atoms in total. The number of benzene rings is 1. The number of hydrogen-bond acceptors (Lipinski definition) is 4. The number of rotatable bonds is 6. The molecule has 0 saturated carbocycles. The lowest BCUT2D eigenvalue weighted by molar-refractivity contribution is -0.113. The summed E-state index contributed by atoms with van der Waals surface area (Å²) in [4.78, 5) is 28.4. The van der Waals surface area contributed by atoms with Crippen LogP contribution in [0.2, 0.25) is 0 Å². The van der Waals surface area contributed by atoms with Gasteiger partial charge in [0.15, 0.2) is 5.16 Å². The molecule has 0 spiro atoms. The Morgan fingerprint density at radius 2 is 2.08 bits per heavy atom. The Morgan fingerprint density at radius 1 is 1.20 bits per heavy atom. The molecule has 2 N–H and O–H groups in total. The number of fused-ring (bicyclic) bond motifs is 1. The van der Waals surface area contributed by atoms with E-state index in [2.05, 4.69) is 15.6 Å². The van der Waals surface area contributed by atoms with Gasteiger partial charge in [0.1, 0.15) is 0 Å². The Kier molecular flexibility index (Phi) is 5.35. The maximum atomic E-state index is 12.2. The molecule has 2 heterocycles. The van der Waals surface area contributed by atoms with Gasteiger partial charge in [0, 0.05) is 24.0 Å². The minimum Gasteiger partial charge on any atom is -0.352 e. The molecule has 2 amide bonds. The molecule has 0 bridgehead atoms. The Morgan fingerprint density at radius 3 is 2.92 bits per heavy atom. The van der Waals surface area contributed by atoms with Crippen LogP contribution in [0.25, 0.3) is 5.52 Å². The zero-order valence-corrected chi connectivity index (χ0v) is 14.5. The third kappa shape index (κ3) is 4.19. The fourth-order valence-electron chi connectivity index (χ4n) is 2.35. The summed E-state index contributed by atoms with van der Waals surface area (Å²) in [7, 11) is 0. The van der Waals surface area contributed by atoms with Gasteiger partial charge < -0.3 is 10.6 Å². The quantitative estimate of drug-likeness (QED) is 0.668. The summed E-state index contributed by atoms with van der Waals surface area (Å²) in [6, 6.07) is 12.7. The molecule has 25 heavy (non-hydrogen) atoms. The number of carbonyl (C=O) groups excluding carboxylic acids is 2. The number of nitrogens with zero attached hydrogens (tertiary/aromatic N) is 2. The number of pyridine rings is 1. The van der Waals surface area contributed by atoms with E-state index in [-0.39, 0.29) is 17.6 Å². The first-order valence-electron chi connectivity index (χ1n) is 7.90. The normalized spacial score (nSPS) is 10.6. The van der Waals surface area contributed by atoms with E-state index in [1.54, 1.807) is 30.5 Å². The van der Waals surface area contributed by atoms with Crippen molar-refractivity contribution in [2.75, 3.05) is 17.6 Å². The summed E-state index contributed by atoms with van der Waals surface area (Å²) in [6.07, 6.45) is 3.69. The van der Waals surface area contributed by atoms with E-state index in [4.69, 9.17) is 0 Å². The van der Waals surface area contributed by atoms with E-state index in [0.717, 1.165) is 10.7 Å². The van der Waals surface area contributed by atoms with Gasteiger partial charge in [-0.15, -0.1) is 0 Å². The molecule has 0 saturated heterocycles. The standard InChI is InChI=1S/C18H18N4O2S/c1-2-19-17(24)13-6-5-7-14(10-13)21-16(23)12-25-18-20-11-15-8-3-4-9-22(15)18/h3-11H,2,12H2,1H3,(H,19,24)(H,21,23). The Bertz CT molecular complexity index is 907. The van der Waals surface area contributed by atoms with E-state index >= 15 is 0 Å². The lowest BCUT2D eigenvalue weighted by atomic mass is 10.2. The molecule has 3 aromatic rings. The monoisotopic (exact) mass is 354 g/mol. The zero-order valence-electron chi connectivity index (χ0n) is 13.7. The van der Waals surface area contributed by atoms with Gasteiger partial charge in [0.05, 0.1) is 17.5 Å². The van der Waals surface area contributed by atoms with Crippen molar-refractivity contribution in [2.24, 2.45) is 0 Å². The summed E-state index contributed by atoms with van der Waals surface area (Å²) in [5.41, 5.74) is 2.11. The van der Waals surface area contributed by atoms with Gasteiger partial charge in [-0.05, 0) is 37.3 Å². The van der Waals surface area contributed by atoms with Gasteiger partial charge in [0.25, 0.3) is 5.91 Å². The Balaban J connectivity index is 1.61. The van der Waals surface area contributed by atoms with Gasteiger partial charge in [-0.3, -0.25) is 14.0 Å². The lowest BCUT2D eigenvalue weighted by Crippen LogP contribution is -2.23. The highest BCUT2D eigenvalue weighted by molar-refractivity contribution is 7.99. The number of amides is 2. The molecular weight excluding hydrogens is 336 g/mol. The highest BCUT2D eigenvalue weighted by atomic mass is 32.2. The van der Waals surface area contributed by atoms with Crippen molar-refractivity contribution in [3.63, 3.8) is 0 Å². The predicted octanol–water partition coefficient (Wildman–Crippen LogP) is 2.81. The molecule has 7 heteroatoms. The van der Waals surface area contributed by atoms with Crippen molar-refractivity contribution >= 4 is 34.8 Å². The average Bonchev–Trinajstić information content (AvgIpc) is 3.04. The van der Waals surface area contributed by atoms with Crippen LogP contribution in [0.1, 0.15) is 17.3 Å². The SMILES string of the molecule is CCNC(=O)c1cccc(NC(=O)CSc2ncc3ccccn23)c1. The van der Waals surface area contributed by atoms with Crippen molar-refractivity contribution in [1.29, 1.82) is 0 Å². The molecule has 0 atom stereocenters. The van der Waals surface area contributed by atoms with E-state index in [1.165, 1.54) is 11.8 Å². The van der Waals surface area contributed by atoms with E-state index in [1.807, 2.05) is 35.7 Å². The smallest absolute Gasteiger partial charge is 0.251 e. The van der Waals surface area contributed by atoms with Crippen LogP contribution in [0.3, 0.4) is 0 Å². The average molecular weight is 354 g/mol. The van der Waals surface area contributed by atoms with Gasteiger partial charge >= 0.3 is 0 Å². The summed E-state index contributed by atoms with van der Waals surface area (Å²) < 4.78 is 1.94. The molecule has 0 aliphatic rings. The number of anilines is 1.